The molecule has 2 aromatic rings. The van der Waals surface area contributed by atoms with Gasteiger partial charge in [-0.1, -0.05) is 12.1 Å². The molecule has 0 saturated carbocycles. The maximum Gasteiger partial charge on any atom is 0.250 e. The van der Waals surface area contributed by atoms with Gasteiger partial charge in [0.15, 0.2) is 0 Å². The molecule has 2 heterocycles. The van der Waals surface area contributed by atoms with E-state index in [0.717, 1.165) is 0 Å². The average Bonchev–Trinajstić information content (AvgIpc) is 2.88. The van der Waals surface area contributed by atoms with E-state index in [0.29, 0.717) is 23.9 Å². The van der Waals surface area contributed by atoms with Gasteiger partial charge in [0.25, 0.3) is 0 Å². The number of aromatic nitrogens is 3. The summed E-state index contributed by atoms with van der Waals surface area (Å²) >= 11 is 0. The van der Waals surface area contributed by atoms with E-state index in [-0.39, 0.29) is 24.2 Å². The third-order valence-electron chi connectivity index (χ3n) is 3.41. The number of carbonyl (C=O) groups excluding carboxylic acids is 2. The molecule has 8 heteroatoms. The van der Waals surface area contributed by atoms with Gasteiger partial charge in [0.2, 0.25) is 17.8 Å². The average molecular weight is 315 g/mol. The van der Waals surface area contributed by atoms with E-state index < -0.39 is 6.04 Å². The number of fused-ring (bicyclic) bond motifs is 1. The lowest BCUT2D eigenvalue weighted by Crippen LogP contribution is -2.36. The molecule has 0 bridgehead atoms. The highest BCUT2D eigenvalue weighted by molar-refractivity contribution is 6.01. The predicted molar refractivity (Wildman–Crippen MR) is 83.3 cm³/mol. The summed E-state index contributed by atoms with van der Waals surface area (Å²) in [7, 11) is 0. The van der Waals surface area contributed by atoms with Crippen molar-refractivity contribution in [2.24, 2.45) is 0 Å². The van der Waals surface area contributed by atoms with Crippen LogP contribution in [0.2, 0.25) is 0 Å². The number of para-hydroxylation sites is 2. The fourth-order valence-corrected chi connectivity index (χ4v) is 2.44. The number of aryl methyl sites for hydroxylation is 1. The molecule has 0 aliphatic carbocycles. The first-order valence-electron chi connectivity index (χ1n) is 7.34. The van der Waals surface area contributed by atoms with E-state index in [1.165, 1.54) is 4.68 Å². The molecule has 0 spiro atoms. The van der Waals surface area contributed by atoms with Crippen LogP contribution in [0.1, 0.15) is 25.2 Å². The van der Waals surface area contributed by atoms with Crippen molar-refractivity contribution in [1.29, 1.82) is 0 Å². The maximum absolute atomic E-state index is 12.6. The second kappa shape index (κ2) is 6.07. The van der Waals surface area contributed by atoms with Crippen LogP contribution in [0, 0.1) is 6.92 Å². The van der Waals surface area contributed by atoms with Crippen molar-refractivity contribution < 1.29 is 14.3 Å². The molecule has 0 fully saturated rings. The fraction of sp³-hybridized carbons (Fsp3) is 0.333. The van der Waals surface area contributed by atoms with Crippen LogP contribution in [-0.4, -0.2) is 33.2 Å². The summed E-state index contributed by atoms with van der Waals surface area (Å²) in [6.07, 6.45) is 0.0123. The summed E-state index contributed by atoms with van der Waals surface area (Å²) in [5.41, 5.74) is 0.559. The minimum atomic E-state index is -0.741. The van der Waals surface area contributed by atoms with Crippen molar-refractivity contribution in [1.82, 2.24) is 14.8 Å². The van der Waals surface area contributed by atoms with Gasteiger partial charge in [-0.3, -0.25) is 14.9 Å². The second-order valence-corrected chi connectivity index (χ2v) is 5.11. The second-order valence-electron chi connectivity index (χ2n) is 5.11. The molecular formula is C15H17N5O3. The van der Waals surface area contributed by atoms with Crippen LogP contribution in [-0.2, 0) is 9.59 Å². The molecule has 2 amide bonds. The Labute approximate surface area is 132 Å². The highest BCUT2D eigenvalue weighted by Gasteiger charge is 2.32. The van der Waals surface area contributed by atoms with E-state index in [4.69, 9.17) is 4.74 Å². The Morgan fingerprint density at radius 3 is 3.04 bits per heavy atom. The standard InChI is InChI=1S/C15H17N5O3/c1-3-23-12-7-5-4-6-10(12)17-14(22)11-8-13(21)18-15-16-9(2)19-20(11)15/h4-7,11H,3,8H2,1-2H3,(H,17,22)(H,16,18,19,21)/t11-/m0/s1. The number of nitrogens with one attached hydrogen (secondary N) is 2. The summed E-state index contributed by atoms with van der Waals surface area (Å²) in [4.78, 5) is 28.5. The molecule has 120 valence electrons. The molecule has 0 radical (unpaired) electrons. The van der Waals surface area contributed by atoms with Gasteiger partial charge < -0.3 is 10.1 Å². The Bertz CT molecular complexity index is 755. The predicted octanol–water partition coefficient (Wildman–Crippen LogP) is 1.51. The Hall–Kier alpha value is -2.90. The minimum absolute atomic E-state index is 0.0123. The summed E-state index contributed by atoms with van der Waals surface area (Å²) in [5, 5.41) is 9.60. The van der Waals surface area contributed by atoms with Crippen molar-refractivity contribution in [3.63, 3.8) is 0 Å². The van der Waals surface area contributed by atoms with Crippen molar-refractivity contribution in [2.45, 2.75) is 26.3 Å². The van der Waals surface area contributed by atoms with Crippen LogP contribution in [0.25, 0.3) is 0 Å². The molecule has 1 aromatic carbocycles. The van der Waals surface area contributed by atoms with Gasteiger partial charge in [-0.15, -0.1) is 0 Å². The summed E-state index contributed by atoms with van der Waals surface area (Å²) < 4.78 is 6.93. The molecule has 23 heavy (non-hydrogen) atoms. The van der Waals surface area contributed by atoms with E-state index in [1.807, 2.05) is 13.0 Å². The normalized spacial score (nSPS) is 16.4. The van der Waals surface area contributed by atoms with Crippen LogP contribution in [0.5, 0.6) is 5.75 Å². The van der Waals surface area contributed by atoms with Crippen molar-refractivity contribution >= 4 is 23.5 Å². The highest BCUT2D eigenvalue weighted by Crippen LogP contribution is 2.27. The van der Waals surface area contributed by atoms with Crippen LogP contribution in [0.4, 0.5) is 11.6 Å². The molecule has 1 atom stereocenters. The summed E-state index contributed by atoms with van der Waals surface area (Å²) in [6.45, 7) is 4.07. The van der Waals surface area contributed by atoms with Crippen LogP contribution in [0.3, 0.4) is 0 Å². The molecule has 2 N–H and O–H groups in total. The molecule has 1 aliphatic heterocycles. The van der Waals surface area contributed by atoms with Gasteiger partial charge in [-0.2, -0.15) is 10.1 Å². The first-order chi connectivity index (χ1) is 11.1. The quantitative estimate of drug-likeness (QED) is 0.891. The molecule has 1 aromatic heterocycles. The number of anilines is 2. The van der Waals surface area contributed by atoms with E-state index >= 15 is 0 Å². The van der Waals surface area contributed by atoms with Gasteiger partial charge in [0.05, 0.1) is 18.7 Å². The number of ether oxygens (including phenoxy) is 1. The van der Waals surface area contributed by atoms with Gasteiger partial charge in [-0.05, 0) is 26.0 Å². The maximum atomic E-state index is 12.6. The molecule has 0 unspecified atom stereocenters. The zero-order valence-electron chi connectivity index (χ0n) is 12.9. The number of amides is 2. The summed E-state index contributed by atoms with van der Waals surface area (Å²) in [5.74, 6) is 0.770. The SMILES string of the molecule is CCOc1ccccc1NC(=O)[C@@H]1CC(=O)Nc2nc(C)nn21. The van der Waals surface area contributed by atoms with Crippen LogP contribution < -0.4 is 15.4 Å². The van der Waals surface area contributed by atoms with Gasteiger partial charge in [-0.25, -0.2) is 4.68 Å². The molecule has 1 aliphatic rings. The van der Waals surface area contributed by atoms with Crippen LogP contribution in [0.15, 0.2) is 24.3 Å². The Balaban J connectivity index is 1.85. The number of nitrogens with zero attached hydrogens (tertiary/aromatic N) is 3. The first-order valence-corrected chi connectivity index (χ1v) is 7.34. The largest absolute Gasteiger partial charge is 0.492 e. The molecule has 0 saturated heterocycles. The van der Waals surface area contributed by atoms with Crippen molar-refractivity contribution in [3.8, 4) is 5.75 Å². The lowest BCUT2D eigenvalue weighted by atomic mass is 10.1. The third kappa shape index (κ3) is 3.01. The summed E-state index contributed by atoms with van der Waals surface area (Å²) in [6, 6.07) is 6.41. The lowest BCUT2D eigenvalue weighted by molar-refractivity contribution is -0.125. The smallest absolute Gasteiger partial charge is 0.250 e. The third-order valence-corrected chi connectivity index (χ3v) is 3.41. The van der Waals surface area contributed by atoms with Crippen molar-refractivity contribution in [3.05, 3.63) is 30.1 Å². The van der Waals surface area contributed by atoms with Crippen molar-refractivity contribution in [2.75, 3.05) is 17.2 Å². The topological polar surface area (TPSA) is 98.1 Å². The number of carbonyl (C=O) groups is 2. The Morgan fingerprint density at radius 1 is 1.48 bits per heavy atom. The Kier molecular flexibility index (Phi) is 3.96. The molecule has 3 rings (SSSR count). The van der Waals surface area contributed by atoms with E-state index in [2.05, 4.69) is 20.7 Å². The fourth-order valence-electron chi connectivity index (χ4n) is 2.44. The van der Waals surface area contributed by atoms with Gasteiger partial charge in [0.1, 0.15) is 17.6 Å². The number of hydrogen-bond donors (Lipinski definition) is 2. The zero-order valence-corrected chi connectivity index (χ0v) is 12.9. The molecule has 8 nitrogen and oxygen atoms in total. The minimum Gasteiger partial charge on any atom is -0.492 e. The highest BCUT2D eigenvalue weighted by atomic mass is 16.5. The van der Waals surface area contributed by atoms with Crippen LogP contribution >= 0.6 is 0 Å². The van der Waals surface area contributed by atoms with E-state index in [1.54, 1.807) is 25.1 Å². The number of hydrogen-bond acceptors (Lipinski definition) is 5. The number of rotatable bonds is 4. The van der Waals surface area contributed by atoms with Gasteiger partial charge in [0, 0.05) is 0 Å². The van der Waals surface area contributed by atoms with Gasteiger partial charge >= 0.3 is 0 Å². The zero-order chi connectivity index (χ0) is 16.4. The first kappa shape index (κ1) is 15.0. The lowest BCUT2D eigenvalue weighted by Gasteiger charge is -2.23. The number of benzene rings is 1. The molecular weight excluding hydrogens is 298 g/mol. The van der Waals surface area contributed by atoms with E-state index in [9.17, 15) is 9.59 Å². The Morgan fingerprint density at radius 2 is 2.26 bits per heavy atom. The monoisotopic (exact) mass is 315 g/mol.